The maximum absolute atomic E-state index is 12.7. The highest BCUT2D eigenvalue weighted by Crippen LogP contribution is 2.29. The van der Waals surface area contributed by atoms with Crippen LogP contribution in [0.25, 0.3) is 0 Å². The number of amides is 2. The molecule has 0 fully saturated rings. The molecular weight excluding hydrogens is 368 g/mol. The molecule has 9 heteroatoms. The number of para-hydroxylation sites is 1. The first kappa shape index (κ1) is 19.0. The Balaban J connectivity index is 1.88. The Kier molecular flexibility index (Phi) is 5.35. The van der Waals surface area contributed by atoms with Crippen molar-refractivity contribution in [1.82, 2.24) is 4.90 Å². The van der Waals surface area contributed by atoms with Gasteiger partial charge in [0, 0.05) is 11.6 Å². The summed E-state index contributed by atoms with van der Waals surface area (Å²) >= 11 is 0. The van der Waals surface area contributed by atoms with E-state index in [1.54, 1.807) is 25.1 Å². The van der Waals surface area contributed by atoms with Crippen molar-refractivity contribution in [3.63, 3.8) is 0 Å². The lowest BCUT2D eigenvalue weighted by Gasteiger charge is -2.17. The highest BCUT2D eigenvalue weighted by atomic mass is 16.6. The summed E-state index contributed by atoms with van der Waals surface area (Å²) in [7, 11) is 0. The molecule has 0 radical (unpaired) electrons. The molecule has 2 aromatic carbocycles. The zero-order chi connectivity index (χ0) is 20.3. The number of imide groups is 1. The van der Waals surface area contributed by atoms with Crippen LogP contribution < -0.4 is 9.47 Å². The molecule has 0 aromatic heterocycles. The largest absolute Gasteiger partial charge is 0.487 e. The third-order valence-electron chi connectivity index (χ3n) is 4.09. The average Bonchev–Trinajstić information content (AvgIpc) is 2.80. The minimum absolute atomic E-state index is 0.00537. The number of carbonyl (C=O) groups excluding carboxylic acids is 3. The van der Waals surface area contributed by atoms with E-state index >= 15 is 0 Å². The Hall–Kier alpha value is -3.75. The van der Waals surface area contributed by atoms with Crippen molar-refractivity contribution < 1.29 is 28.8 Å². The van der Waals surface area contributed by atoms with Crippen molar-refractivity contribution in [2.45, 2.75) is 6.92 Å². The summed E-state index contributed by atoms with van der Waals surface area (Å²) in [5.41, 5.74) is -0.206. The second kappa shape index (κ2) is 7.87. The van der Waals surface area contributed by atoms with E-state index in [0.29, 0.717) is 0 Å². The minimum atomic E-state index is -0.671. The predicted octanol–water partition coefficient (Wildman–Crippen LogP) is 2.24. The van der Waals surface area contributed by atoms with Crippen LogP contribution in [0.2, 0.25) is 0 Å². The Morgan fingerprint density at radius 1 is 1.25 bits per heavy atom. The smallest absolute Gasteiger partial charge is 0.311 e. The number of Topliss-reactive ketones (excluding diaryl/α,β-unsaturated/α-hetero) is 1. The normalized spacial score (nSPS) is 13.4. The summed E-state index contributed by atoms with van der Waals surface area (Å²) in [4.78, 5) is 48.9. The maximum Gasteiger partial charge on any atom is 0.311 e. The quantitative estimate of drug-likeness (QED) is 0.324. The number of fused-ring (bicyclic) bond motifs is 1. The zero-order valence-electron chi connectivity index (χ0n) is 14.9. The van der Waals surface area contributed by atoms with Gasteiger partial charge in [-0.2, -0.15) is 0 Å². The molecule has 28 heavy (non-hydrogen) atoms. The first-order valence-electron chi connectivity index (χ1n) is 8.43. The van der Waals surface area contributed by atoms with Crippen molar-refractivity contribution in [3.05, 3.63) is 63.7 Å². The monoisotopic (exact) mass is 384 g/mol. The Labute approximate surface area is 159 Å². The number of ether oxygens (including phenoxy) is 2. The summed E-state index contributed by atoms with van der Waals surface area (Å²) in [6, 6.07) is 10.1. The molecule has 0 bridgehead atoms. The van der Waals surface area contributed by atoms with Crippen molar-refractivity contribution in [3.8, 4) is 11.5 Å². The topological polar surface area (TPSA) is 116 Å². The third kappa shape index (κ3) is 3.68. The molecule has 0 N–H and O–H groups in total. The average molecular weight is 384 g/mol. The maximum atomic E-state index is 12.7. The second-order valence-electron chi connectivity index (χ2n) is 5.87. The summed E-state index contributed by atoms with van der Waals surface area (Å²) in [6.07, 6.45) is 0. The van der Waals surface area contributed by atoms with Crippen LogP contribution in [-0.2, 0) is 4.79 Å². The lowest BCUT2D eigenvalue weighted by atomic mass is 10.1. The molecule has 0 spiro atoms. The van der Waals surface area contributed by atoms with Gasteiger partial charge in [-0.1, -0.05) is 12.1 Å². The molecule has 0 unspecified atom stereocenters. The Morgan fingerprint density at radius 3 is 2.71 bits per heavy atom. The Bertz CT molecular complexity index is 971. The van der Waals surface area contributed by atoms with Gasteiger partial charge in [0.15, 0.2) is 18.1 Å². The van der Waals surface area contributed by atoms with E-state index in [1.807, 2.05) is 0 Å². The van der Waals surface area contributed by atoms with Gasteiger partial charge in [-0.3, -0.25) is 29.4 Å². The van der Waals surface area contributed by atoms with E-state index in [0.717, 1.165) is 11.0 Å². The SMILES string of the molecule is CCOc1ccc(C(=O)CN2C(=O)COc3ccccc3C2=O)cc1[N+](=O)[O-]. The van der Waals surface area contributed by atoms with Crippen molar-refractivity contribution in [2.24, 2.45) is 0 Å². The van der Waals surface area contributed by atoms with Crippen LogP contribution in [-0.4, -0.2) is 47.2 Å². The molecule has 1 heterocycles. The molecule has 9 nitrogen and oxygen atoms in total. The highest BCUT2D eigenvalue weighted by Gasteiger charge is 2.31. The predicted molar refractivity (Wildman–Crippen MR) is 96.6 cm³/mol. The number of carbonyl (C=O) groups is 3. The standard InChI is InChI=1S/C19H16N2O7/c1-2-27-17-8-7-12(9-14(17)21(25)26)15(22)10-20-18(23)11-28-16-6-4-3-5-13(16)19(20)24/h3-9H,2,10-11H2,1H3. The van der Waals surface area contributed by atoms with Gasteiger partial charge in [-0.05, 0) is 31.2 Å². The van der Waals surface area contributed by atoms with Gasteiger partial charge in [-0.15, -0.1) is 0 Å². The van der Waals surface area contributed by atoms with Crippen molar-refractivity contribution in [1.29, 1.82) is 0 Å². The van der Waals surface area contributed by atoms with Gasteiger partial charge < -0.3 is 9.47 Å². The fourth-order valence-electron chi connectivity index (χ4n) is 2.75. The molecule has 2 amide bonds. The molecule has 1 aliphatic rings. The van der Waals surface area contributed by atoms with Gasteiger partial charge in [0.2, 0.25) is 0 Å². The third-order valence-corrected chi connectivity index (χ3v) is 4.09. The number of rotatable bonds is 6. The van der Waals surface area contributed by atoms with Crippen LogP contribution in [0.5, 0.6) is 11.5 Å². The second-order valence-corrected chi connectivity index (χ2v) is 5.87. The fraction of sp³-hybridized carbons (Fsp3) is 0.211. The van der Waals surface area contributed by atoms with Gasteiger partial charge in [0.05, 0.1) is 23.6 Å². The van der Waals surface area contributed by atoms with Crippen LogP contribution in [0.3, 0.4) is 0 Å². The minimum Gasteiger partial charge on any atom is -0.487 e. The summed E-state index contributed by atoms with van der Waals surface area (Å²) in [6.45, 7) is 0.962. The number of nitro groups is 1. The lowest BCUT2D eigenvalue weighted by molar-refractivity contribution is -0.385. The van der Waals surface area contributed by atoms with E-state index in [2.05, 4.69) is 0 Å². The molecule has 2 aromatic rings. The molecule has 144 valence electrons. The van der Waals surface area contributed by atoms with Crippen LogP contribution in [0.15, 0.2) is 42.5 Å². The molecule has 0 saturated heterocycles. The highest BCUT2D eigenvalue weighted by molar-refractivity contribution is 6.11. The number of benzene rings is 2. The summed E-state index contributed by atoms with van der Waals surface area (Å²) < 4.78 is 10.5. The number of nitrogens with zero attached hydrogens (tertiary/aromatic N) is 2. The molecule has 3 rings (SSSR count). The first-order chi connectivity index (χ1) is 13.4. The zero-order valence-corrected chi connectivity index (χ0v) is 14.9. The number of hydrogen-bond donors (Lipinski definition) is 0. The Morgan fingerprint density at radius 2 is 2.00 bits per heavy atom. The fourth-order valence-corrected chi connectivity index (χ4v) is 2.75. The van der Waals surface area contributed by atoms with E-state index in [9.17, 15) is 24.5 Å². The van der Waals surface area contributed by atoms with E-state index < -0.39 is 29.1 Å². The summed E-state index contributed by atoms with van der Waals surface area (Å²) in [5.74, 6) is -1.66. The van der Waals surface area contributed by atoms with Crippen LogP contribution >= 0.6 is 0 Å². The van der Waals surface area contributed by atoms with Crippen molar-refractivity contribution >= 4 is 23.3 Å². The molecule has 0 aliphatic carbocycles. The van der Waals surface area contributed by atoms with E-state index in [-0.39, 0.29) is 41.5 Å². The van der Waals surface area contributed by atoms with Crippen LogP contribution in [0.4, 0.5) is 5.69 Å². The van der Waals surface area contributed by atoms with Crippen molar-refractivity contribution in [2.75, 3.05) is 19.8 Å². The molecule has 0 atom stereocenters. The number of nitro benzene ring substituents is 1. The first-order valence-corrected chi connectivity index (χ1v) is 8.43. The van der Waals surface area contributed by atoms with Crippen LogP contribution in [0.1, 0.15) is 27.6 Å². The molecule has 1 aliphatic heterocycles. The van der Waals surface area contributed by atoms with E-state index in [1.165, 1.54) is 18.2 Å². The van der Waals surface area contributed by atoms with Gasteiger partial charge >= 0.3 is 5.69 Å². The number of ketones is 1. The van der Waals surface area contributed by atoms with Crippen LogP contribution in [0, 0.1) is 10.1 Å². The van der Waals surface area contributed by atoms with Gasteiger partial charge in [0.25, 0.3) is 11.8 Å². The van der Waals surface area contributed by atoms with E-state index in [4.69, 9.17) is 9.47 Å². The summed E-state index contributed by atoms with van der Waals surface area (Å²) in [5, 5.41) is 11.2. The lowest BCUT2D eigenvalue weighted by Crippen LogP contribution is -2.41. The van der Waals surface area contributed by atoms with Gasteiger partial charge in [-0.25, -0.2) is 0 Å². The molecular formula is C19H16N2O7. The number of hydrogen-bond acceptors (Lipinski definition) is 7. The molecule has 0 saturated carbocycles. The van der Waals surface area contributed by atoms with Gasteiger partial charge in [0.1, 0.15) is 5.75 Å².